The quantitative estimate of drug-likeness (QED) is 0.711. The monoisotopic (exact) mass is 210 g/mol. The molecule has 0 aromatic carbocycles. The van der Waals surface area contributed by atoms with E-state index in [-0.39, 0.29) is 6.54 Å². The van der Waals surface area contributed by atoms with Crippen LogP contribution in [0.4, 0.5) is 0 Å². The molecule has 3 nitrogen and oxygen atoms in total. The van der Waals surface area contributed by atoms with Crippen LogP contribution in [0, 0.1) is 23.7 Å². The molecule has 0 amide bonds. The van der Waals surface area contributed by atoms with Crippen LogP contribution in [0.15, 0.2) is 0 Å². The van der Waals surface area contributed by atoms with Crippen molar-refractivity contribution >= 4 is 5.97 Å². The van der Waals surface area contributed by atoms with Crippen LogP contribution in [0.1, 0.15) is 32.1 Å². The lowest BCUT2D eigenvalue weighted by atomic mass is 9.54. The van der Waals surface area contributed by atoms with Crippen LogP contribution in [0.5, 0.6) is 0 Å². The van der Waals surface area contributed by atoms with Crippen molar-refractivity contribution in [2.45, 2.75) is 38.1 Å². The summed E-state index contributed by atoms with van der Waals surface area (Å²) in [4.78, 5) is 10.6. The van der Waals surface area contributed by atoms with Gasteiger partial charge in [-0.3, -0.25) is 0 Å². The molecule has 4 aliphatic carbocycles. The van der Waals surface area contributed by atoms with Gasteiger partial charge in [-0.15, -0.1) is 0 Å². The number of aliphatic carboxylic acids is 1. The Bertz CT molecular complexity index is 249. The Kier molecular flexibility index (Phi) is 2.23. The number of hydrogen-bond acceptors (Lipinski definition) is 1. The van der Waals surface area contributed by atoms with Crippen LogP contribution in [0.25, 0.3) is 0 Å². The van der Waals surface area contributed by atoms with E-state index in [2.05, 4.69) is 5.32 Å². The van der Waals surface area contributed by atoms with Crippen molar-refractivity contribution in [1.29, 1.82) is 0 Å². The van der Waals surface area contributed by atoms with E-state index in [1.54, 1.807) is 0 Å². The summed E-state index contributed by atoms with van der Waals surface area (Å²) in [5.74, 6) is 2.98. The van der Waals surface area contributed by atoms with E-state index in [0.717, 1.165) is 23.7 Å². The lowest BCUT2D eigenvalue weighted by Crippen LogP contribution is -2.95. The molecule has 0 radical (unpaired) electrons. The van der Waals surface area contributed by atoms with Gasteiger partial charge >= 0.3 is 5.97 Å². The molecule has 4 aliphatic rings. The van der Waals surface area contributed by atoms with Crippen molar-refractivity contribution in [1.82, 2.24) is 0 Å². The smallest absolute Gasteiger partial charge is 0.359 e. The van der Waals surface area contributed by atoms with Crippen LogP contribution in [0.3, 0.4) is 0 Å². The Labute approximate surface area is 90.2 Å². The van der Waals surface area contributed by atoms with Gasteiger partial charge in [0.2, 0.25) is 0 Å². The second-order valence-corrected chi connectivity index (χ2v) is 5.84. The first-order valence-electron chi connectivity index (χ1n) is 6.27. The zero-order valence-electron chi connectivity index (χ0n) is 9.06. The molecule has 0 atom stereocenters. The van der Waals surface area contributed by atoms with Crippen LogP contribution < -0.4 is 5.32 Å². The standard InChI is InChI=1S/C12H19NO2/c14-11(15)6-13-12-9-2-7-1-8(4-9)5-10(12)3-7/h7-10,12-13H,1-6H2,(H,14,15)/p+1. The molecule has 0 aromatic rings. The van der Waals surface area contributed by atoms with E-state index in [9.17, 15) is 4.79 Å². The van der Waals surface area contributed by atoms with E-state index >= 15 is 0 Å². The lowest BCUT2D eigenvalue weighted by molar-refractivity contribution is -0.700. The summed E-state index contributed by atoms with van der Waals surface area (Å²) >= 11 is 0. The highest BCUT2D eigenvalue weighted by molar-refractivity contribution is 5.67. The third-order valence-electron chi connectivity index (χ3n) is 4.86. The predicted molar refractivity (Wildman–Crippen MR) is 55.3 cm³/mol. The lowest BCUT2D eigenvalue weighted by Gasteiger charge is -2.52. The second-order valence-electron chi connectivity index (χ2n) is 5.84. The number of nitrogens with two attached hydrogens (primary N) is 1. The van der Waals surface area contributed by atoms with Gasteiger partial charge in [0.15, 0.2) is 6.54 Å². The molecule has 0 saturated heterocycles. The predicted octanol–water partition coefficient (Wildman–Crippen LogP) is 0.459. The van der Waals surface area contributed by atoms with Gasteiger partial charge in [0.05, 0.1) is 6.04 Å². The molecule has 4 rings (SSSR count). The molecule has 3 heteroatoms. The highest BCUT2D eigenvalue weighted by Gasteiger charge is 2.50. The molecule has 0 aliphatic heterocycles. The minimum Gasteiger partial charge on any atom is -0.477 e. The molecule has 15 heavy (non-hydrogen) atoms. The molecule has 4 bridgehead atoms. The molecule has 4 saturated carbocycles. The van der Waals surface area contributed by atoms with Gasteiger partial charge in [-0.2, -0.15) is 0 Å². The first-order chi connectivity index (χ1) is 7.22. The van der Waals surface area contributed by atoms with Gasteiger partial charge in [0.1, 0.15) is 0 Å². The summed E-state index contributed by atoms with van der Waals surface area (Å²) in [6, 6.07) is 0.633. The summed E-state index contributed by atoms with van der Waals surface area (Å²) in [5.41, 5.74) is 0. The van der Waals surface area contributed by atoms with Gasteiger partial charge in [-0.1, -0.05) is 0 Å². The summed E-state index contributed by atoms with van der Waals surface area (Å²) in [5, 5.41) is 10.8. The van der Waals surface area contributed by atoms with Crippen molar-refractivity contribution in [3.8, 4) is 0 Å². The molecule has 0 aromatic heterocycles. The summed E-state index contributed by atoms with van der Waals surface area (Å²) in [6.07, 6.45) is 7.00. The number of quaternary nitrogens is 1. The van der Waals surface area contributed by atoms with Crippen molar-refractivity contribution in [3.63, 3.8) is 0 Å². The molecule has 0 unspecified atom stereocenters. The zero-order chi connectivity index (χ0) is 10.4. The topological polar surface area (TPSA) is 53.9 Å². The summed E-state index contributed by atoms with van der Waals surface area (Å²) in [7, 11) is 0. The highest BCUT2D eigenvalue weighted by atomic mass is 16.4. The average Bonchev–Trinajstić information content (AvgIpc) is 2.14. The molecule has 84 valence electrons. The number of carbonyl (C=O) groups is 1. The van der Waals surface area contributed by atoms with Gasteiger partial charge in [-0.25, -0.2) is 4.79 Å². The molecular weight excluding hydrogens is 190 g/mol. The van der Waals surface area contributed by atoms with Gasteiger partial charge < -0.3 is 10.4 Å². The Morgan fingerprint density at radius 3 is 2.07 bits per heavy atom. The number of carboxylic acid groups (broad SMARTS) is 1. The van der Waals surface area contributed by atoms with Crippen LogP contribution in [0.2, 0.25) is 0 Å². The maximum absolute atomic E-state index is 10.6. The largest absolute Gasteiger partial charge is 0.477 e. The van der Waals surface area contributed by atoms with Crippen molar-refractivity contribution in [3.05, 3.63) is 0 Å². The maximum atomic E-state index is 10.6. The molecular formula is C12H20NO2+. The minimum atomic E-state index is -0.663. The van der Waals surface area contributed by atoms with E-state index in [1.165, 1.54) is 32.1 Å². The fourth-order valence-corrected chi connectivity index (χ4v) is 4.59. The summed E-state index contributed by atoms with van der Waals surface area (Å²) in [6.45, 7) is 0.271. The van der Waals surface area contributed by atoms with Crippen LogP contribution in [-0.2, 0) is 4.79 Å². The van der Waals surface area contributed by atoms with Crippen LogP contribution >= 0.6 is 0 Å². The first kappa shape index (κ1) is 9.64. The average molecular weight is 210 g/mol. The third kappa shape index (κ3) is 1.67. The fraction of sp³-hybridized carbons (Fsp3) is 0.917. The molecule has 0 heterocycles. The summed E-state index contributed by atoms with van der Waals surface area (Å²) < 4.78 is 0. The van der Waals surface area contributed by atoms with E-state index in [1.807, 2.05) is 0 Å². The number of carboxylic acids is 1. The highest BCUT2D eigenvalue weighted by Crippen LogP contribution is 2.52. The zero-order valence-corrected chi connectivity index (χ0v) is 9.06. The van der Waals surface area contributed by atoms with Crippen molar-refractivity contribution in [2.75, 3.05) is 6.54 Å². The Morgan fingerprint density at radius 2 is 1.60 bits per heavy atom. The Balaban J connectivity index is 1.67. The molecule has 3 N–H and O–H groups in total. The third-order valence-corrected chi connectivity index (χ3v) is 4.86. The normalized spacial score (nSPS) is 47.1. The SMILES string of the molecule is O=C(O)C[NH2+]C1C2CC3CC(C2)CC1C3. The van der Waals surface area contributed by atoms with E-state index in [0.29, 0.717) is 6.04 Å². The molecule has 0 spiro atoms. The van der Waals surface area contributed by atoms with Crippen LogP contribution in [-0.4, -0.2) is 23.7 Å². The van der Waals surface area contributed by atoms with Gasteiger partial charge in [0.25, 0.3) is 0 Å². The first-order valence-corrected chi connectivity index (χ1v) is 6.27. The van der Waals surface area contributed by atoms with Gasteiger partial charge in [-0.05, 0) is 43.9 Å². The second kappa shape index (κ2) is 3.48. The molecule has 4 fully saturated rings. The Morgan fingerprint density at radius 1 is 1.07 bits per heavy atom. The Hall–Kier alpha value is -0.570. The van der Waals surface area contributed by atoms with E-state index in [4.69, 9.17) is 5.11 Å². The van der Waals surface area contributed by atoms with Gasteiger partial charge in [0, 0.05) is 11.8 Å². The minimum absolute atomic E-state index is 0.271. The fourth-order valence-electron chi connectivity index (χ4n) is 4.59. The van der Waals surface area contributed by atoms with Crippen molar-refractivity contribution < 1.29 is 15.2 Å². The van der Waals surface area contributed by atoms with E-state index < -0.39 is 5.97 Å². The maximum Gasteiger partial charge on any atom is 0.359 e. The number of rotatable bonds is 3. The van der Waals surface area contributed by atoms with Crippen molar-refractivity contribution in [2.24, 2.45) is 23.7 Å². The number of hydrogen-bond donors (Lipinski definition) is 2.